The minimum atomic E-state index is -0.424. The van der Waals surface area contributed by atoms with Gasteiger partial charge in [-0.05, 0) is 88.5 Å². The minimum Gasteiger partial charge on any atom is -0.356 e. The summed E-state index contributed by atoms with van der Waals surface area (Å²) in [7, 11) is 0. The zero-order valence-corrected chi connectivity index (χ0v) is 33.8. The van der Waals surface area contributed by atoms with Gasteiger partial charge in [0.2, 0.25) is 11.8 Å². The number of likely N-dealkylation sites (tertiary alicyclic amines) is 2. The largest absolute Gasteiger partial charge is 0.356 e. The second-order valence-corrected chi connectivity index (χ2v) is 17.1. The molecule has 0 saturated carbocycles. The number of piperidine rings is 2. The fourth-order valence-electron chi connectivity index (χ4n) is 9.76. The molecule has 10 rings (SSSR count). The number of pyridine rings is 2. The van der Waals surface area contributed by atoms with Crippen LogP contribution in [-0.4, -0.2) is 123 Å². The number of hydrogen-bond donors (Lipinski definition) is 2. The standard InChI is InChI=1S/C42H50F2N14O2/c1-26(57-24-30(43)19-45-57)37-47-32-8-10-35(49-38(32)51-37)55-16-5-7-29(23-55)42(60)56-17-12-27(21-56)18-34(58-25-31(44)20-46-58)40-48-33-9-11-36(50-39(33)52-40)54-15-4-6-28(22-54)41(59)53-13-2-3-14-53/h8-11,19-20,24-29,34H,2-7,12-18,21-23H2,1H3,(H,47,49,51)(H,48,50,52)/t26-,27?,28-,29-,34+/m1/s1. The summed E-state index contributed by atoms with van der Waals surface area (Å²) in [6, 6.07) is 7.18. The van der Waals surface area contributed by atoms with Gasteiger partial charge in [-0.3, -0.25) is 19.0 Å². The smallest absolute Gasteiger partial charge is 0.227 e. The second-order valence-electron chi connectivity index (χ2n) is 17.1. The summed E-state index contributed by atoms with van der Waals surface area (Å²) < 4.78 is 31.2. The third-order valence-electron chi connectivity index (χ3n) is 13.0. The van der Waals surface area contributed by atoms with Crippen LogP contribution in [0, 0.1) is 29.4 Å². The third-order valence-corrected chi connectivity index (χ3v) is 13.0. The van der Waals surface area contributed by atoms with Crippen LogP contribution in [0.1, 0.15) is 82.0 Å². The number of aromatic amines is 2. The van der Waals surface area contributed by atoms with Crippen molar-refractivity contribution in [2.75, 3.05) is 62.2 Å². The highest BCUT2D eigenvalue weighted by atomic mass is 19.1. The van der Waals surface area contributed by atoms with E-state index in [0.717, 1.165) is 93.8 Å². The number of rotatable bonds is 10. The highest BCUT2D eigenvalue weighted by Gasteiger charge is 2.36. The van der Waals surface area contributed by atoms with Crippen molar-refractivity contribution < 1.29 is 18.4 Å². The molecule has 10 heterocycles. The lowest BCUT2D eigenvalue weighted by molar-refractivity contribution is -0.135. The van der Waals surface area contributed by atoms with Gasteiger partial charge in [0.05, 0.1) is 47.7 Å². The molecule has 18 heteroatoms. The van der Waals surface area contributed by atoms with Crippen LogP contribution in [-0.2, 0) is 9.59 Å². The van der Waals surface area contributed by atoms with Crippen molar-refractivity contribution in [3.05, 3.63) is 72.3 Å². The molecule has 0 aliphatic carbocycles. The molecule has 314 valence electrons. The molecule has 2 amide bonds. The van der Waals surface area contributed by atoms with Crippen molar-refractivity contribution in [3.63, 3.8) is 0 Å². The molecule has 16 nitrogen and oxygen atoms in total. The van der Waals surface area contributed by atoms with Gasteiger partial charge in [-0.1, -0.05) is 0 Å². The summed E-state index contributed by atoms with van der Waals surface area (Å²) in [5.41, 5.74) is 2.68. The van der Waals surface area contributed by atoms with Gasteiger partial charge in [-0.25, -0.2) is 28.7 Å². The van der Waals surface area contributed by atoms with Crippen LogP contribution >= 0.6 is 0 Å². The molecular weight excluding hydrogens is 771 g/mol. The van der Waals surface area contributed by atoms with E-state index in [4.69, 9.17) is 19.9 Å². The molecule has 60 heavy (non-hydrogen) atoms. The van der Waals surface area contributed by atoms with Gasteiger partial charge >= 0.3 is 0 Å². The van der Waals surface area contributed by atoms with E-state index in [2.05, 4.69) is 30.0 Å². The van der Waals surface area contributed by atoms with Crippen molar-refractivity contribution in [2.24, 2.45) is 17.8 Å². The van der Waals surface area contributed by atoms with Crippen molar-refractivity contribution in [3.8, 4) is 0 Å². The predicted molar refractivity (Wildman–Crippen MR) is 219 cm³/mol. The first-order chi connectivity index (χ1) is 29.2. The van der Waals surface area contributed by atoms with E-state index in [1.54, 1.807) is 4.68 Å². The van der Waals surface area contributed by atoms with Gasteiger partial charge in [0.1, 0.15) is 35.4 Å². The average molecular weight is 821 g/mol. The summed E-state index contributed by atoms with van der Waals surface area (Å²) in [5.74, 6) is 2.38. The Hall–Kier alpha value is -5.94. The number of carbonyl (C=O) groups excluding carboxylic acids is 2. The fourth-order valence-corrected chi connectivity index (χ4v) is 9.76. The Morgan fingerprint density at radius 3 is 1.83 bits per heavy atom. The first-order valence-corrected chi connectivity index (χ1v) is 21.4. The first kappa shape index (κ1) is 38.3. The van der Waals surface area contributed by atoms with Gasteiger partial charge in [0.25, 0.3) is 0 Å². The van der Waals surface area contributed by atoms with Crippen LogP contribution in [0.3, 0.4) is 0 Å². The van der Waals surface area contributed by atoms with Gasteiger partial charge in [-0.2, -0.15) is 10.2 Å². The lowest BCUT2D eigenvalue weighted by atomic mass is 9.96. The number of halogens is 2. The number of anilines is 2. The Morgan fingerprint density at radius 2 is 1.23 bits per heavy atom. The van der Waals surface area contributed by atoms with Crippen molar-refractivity contribution in [2.45, 2.75) is 70.4 Å². The molecule has 2 N–H and O–H groups in total. The van der Waals surface area contributed by atoms with E-state index in [0.29, 0.717) is 55.5 Å². The Kier molecular flexibility index (Phi) is 10.2. The number of amides is 2. The molecule has 0 bridgehead atoms. The molecule has 1 unspecified atom stereocenters. The normalized spacial score (nSPS) is 22.4. The zero-order chi connectivity index (χ0) is 40.9. The zero-order valence-electron chi connectivity index (χ0n) is 33.8. The number of aromatic nitrogens is 10. The molecule has 4 aliphatic heterocycles. The summed E-state index contributed by atoms with van der Waals surface area (Å²) in [5, 5.41) is 8.44. The number of hydrogen-bond acceptors (Lipinski definition) is 10. The minimum absolute atomic E-state index is 0.0276. The first-order valence-electron chi connectivity index (χ1n) is 21.4. The van der Waals surface area contributed by atoms with Crippen molar-refractivity contribution in [1.29, 1.82) is 0 Å². The number of nitrogens with one attached hydrogen (secondary N) is 2. The number of nitrogens with zero attached hydrogens (tertiary/aromatic N) is 12. The molecular formula is C42H50F2N14O2. The molecule has 5 atom stereocenters. The quantitative estimate of drug-likeness (QED) is 0.190. The number of fused-ring (bicyclic) bond motifs is 2. The second kappa shape index (κ2) is 15.9. The Balaban J connectivity index is 0.801. The Labute approximate surface area is 345 Å². The van der Waals surface area contributed by atoms with E-state index < -0.39 is 11.6 Å². The molecule has 4 aliphatic rings. The third kappa shape index (κ3) is 7.55. The van der Waals surface area contributed by atoms with E-state index in [9.17, 15) is 18.4 Å². The molecule has 0 aromatic carbocycles. The number of carbonyl (C=O) groups is 2. The van der Waals surface area contributed by atoms with E-state index in [1.807, 2.05) is 41.0 Å². The van der Waals surface area contributed by atoms with Gasteiger partial charge in [0, 0.05) is 52.4 Å². The maximum atomic E-state index is 14.4. The maximum absolute atomic E-state index is 14.4. The Morgan fingerprint density at radius 1 is 0.667 bits per heavy atom. The molecule has 6 aromatic heterocycles. The average Bonchev–Trinajstić information content (AvgIpc) is 4.13. The molecule has 6 aromatic rings. The lowest BCUT2D eigenvalue weighted by Crippen LogP contribution is -2.44. The number of imidazole rings is 2. The predicted octanol–water partition coefficient (Wildman–Crippen LogP) is 5.09. The van der Waals surface area contributed by atoms with E-state index >= 15 is 0 Å². The summed E-state index contributed by atoms with van der Waals surface area (Å²) in [6.07, 6.45) is 12.2. The topological polar surface area (TPSA) is 166 Å². The molecule has 4 saturated heterocycles. The van der Waals surface area contributed by atoms with Crippen molar-refractivity contribution in [1.82, 2.24) is 59.3 Å². The monoisotopic (exact) mass is 820 g/mol. The fraction of sp³-hybridized carbons (Fsp3) is 0.524. The Bertz CT molecular complexity index is 2510. The SMILES string of the molecule is C[C@H](c1nc2nc(N3CCC[C@@H](C(=O)N4CCC(C[C@@H](c5nc6nc(N7CCC[C@@H](C(=O)N8CCCC8)C7)ccc6[nH]5)n5cc(F)cn5)C4)C3)ccc2[nH]1)n1cc(F)cn1. The van der Waals surface area contributed by atoms with Crippen LogP contribution in [0.2, 0.25) is 0 Å². The van der Waals surface area contributed by atoms with E-state index in [-0.39, 0.29) is 41.7 Å². The van der Waals surface area contributed by atoms with Crippen LogP contribution in [0.25, 0.3) is 22.3 Å². The molecule has 4 fully saturated rings. The van der Waals surface area contributed by atoms with Crippen LogP contribution in [0.15, 0.2) is 49.1 Å². The number of H-pyrrole nitrogens is 2. The van der Waals surface area contributed by atoms with Crippen molar-refractivity contribution >= 4 is 45.8 Å². The summed E-state index contributed by atoms with van der Waals surface area (Å²) in [4.78, 5) is 61.9. The highest BCUT2D eigenvalue weighted by Crippen LogP contribution is 2.34. The maximum Gasteiger partial charge on any atom is 0.227 e. The highest BCUT2D eigenvalue weighted by molar-refractivity contribution is 5.81. The van der Waals surface area contributed by atoms with Gasteiger partial charge in [0.15, 0.2) is 22.9 Å². The van der Waals surface area contributed by atoms with Crippen LogP contribution in [0.5, 0.6) is 0 Å². The van der Waals surface area contributed by atoms with Gasteiger partial charge < -0.3 is 29.6 Å². The summed E-state index contributed by atoms with van der Waals surface area (Å²) in [6.45, 7) is 7.70. The molecule has 0 radical (unpaired) electrons. The molecule has 0 spiro atoms. The lowest BCUT2D eigenvalue weighted by Gasteiger charge is -2.34. The van der Waals surface area contributed by atoms with Crippen LogP contribution in [0.4, 0.5) is 20.4 Å². The summed E-state index contributed by atoms with van der Waals surface area (Å²) >= 11 is 0. The van der Waals surface area contributed by atoms with E-state index in [1.165, 1.54) is 29.5 Å². The van der Waals surface area contributed by atoms with Crippen LogP contribution < -0.4 is 9.80 Å². The van der Waals surface area contributed by atoms with Gasteiger partial charge in [-0.15, -0.1) is 0 Å².